The minimum absolute atomic E-state index is 0.00473. The van der Waals surface area contributed by atoms with Gasteiger partial charge in [-0.15, -0.1) is 11.8 Å². The highest BCUT2D eigenvalue weighted by molar-refractivity contribution is 8.04. The molecule has 138 valence electrons. The van der Waals surface area contributed by atoms with Crippen LogP contribution in [0.25, 0.3) is 11.0 Å². The smallest absolute Gasteiger partial charge is 0.259 e. The lowest BCUT2D eigenvalue weighted by molar-refractivity contribution is -0.117. The lowest BCUT2D eigenvalue weighted by atomic mass is 9.91. The van der Waals surface area contributed by atoms with Gasteiger partial charge < -0.3 is 20.9 Å². The van der Waals surface area contributed by atoms with Crippen LogP contribution in [0.3, 0.4) is 0 Å². The van der Waals surface area contributed by atoms with Gasteiger partial charge >= 0.3 is 0 Å². The fourth-order valence-corrected chi connectivity index (χ4v) is 4.62. The molecule has 1 saturated carbocycles. The Morgan fingerprint density at radius 2 is 2.31 bits per heavy atom. The molecule has 1 aliphatic carbocycles. The van der Waals surface area contributed by atoms with Crippen LogP contribution in [0.5, 0.6) is 0 Å². The van der Waals surface area contributed by atoms with Gasteiger partial charge in [-0.05, 0) is 38.2 Å². The van der Waals surface area contributed by atoms with E-state index in [0.29, 0.717) is 0 Å². The van der Waals surface area contributed by atoms with Crippen molar-refractivity contribution in [3.05, 3.63) is 29.2 Å². The number of aromatic amines is 1. The molecule has 8 heteroatoms. The quantitative estimate of drug-likeness (QED) is 0.762. The molecule has 0 radical (unpaired) electrons. The van der Waals surface area contributed by atoms with Crippen LogP contribution in [0.2, 0.25) is 0 Å². The van der Waals surface area contributed by atoms with Crippen molar-refractivity contribution in [2.45, 2.75) is 44.7 Å². The third-order valence-electron chi connectivity index (χ3n) is 5.06. The number of hydrogen-bond donors (Lipinski definition) is 3. The van der Waals surface area contributed by atoms with Crippen molar-refractivity contribution in [3.8, 4) is 0 Å². The molecule has 1 fully saturated rings. The molecule has 2 unspecified atom stereocenters. The molecule has 2 aromatic rings. The number of aromatic nitrogens is 3. The summed E-state index contributed by atoms with van der Waals surface area (Å²) >= 11 is 1.60. The van der Waals surface area contributed by atoms with Gasteiger partial charge in [-0.3, -0.25) is 4.79 Å². The number of hydrogen-bond acceptors (Lipinski definition) is 6. The van der Waals surface area contributed by atoms with Crippen LogP contribution in [0.15, 0.2) is 23.6 Å². The third kappa shape index (κ3) is 3.43. The van der Waals surface area contributed by atoms with Crippen LogP contribution in [0.4, 0.5) is 5.82 Å². The summed E-state index contributed by atoms with van der Waals surface area (Å²) in [6.07, 6.45) is 9.42. The second-order valence-electron chi connectivity index (χ2n) is 7.02. The average molecular weight is 372 g/mol. The molecular weight excluding hydrogens is 348 g/mol. The molecule has 0 aromatic carbocycles. The van der Waals surface area contributed by atoms with E-state index >= 15 is 0 Å². The van der Waals surface area contributed by atoms with Crippen molar-refractivity contribution in [1.29, 1.82) is 0 Å². The molecule has 2 aromatic heterocycles. The maximum atomic E-state index is 12.7. The molecule has 0 saturated heterocycles. The first-order valence-corrected chi connectivity index (χ1v) is 10.1. The van der Waals surface area contributed by atoms with E-state index in [1.165, 1.54) is 0 Å². The van der Waals surface area contributed by atoms with E-state index in [-0.39, 0.29) is 18.0 Å². The zero-order valence-electron chi connectivity index (χ0n) is 14.9. The van der Waals surface area contributed by atoms with Gasteiger partial charge in [0.1, 0.15) is 17.8 Å². The van der Waals surface area contributed by atoms with Gasteiger partial charge in [-0.1, -0.05) is 0 Å². The van der Waals surface area contributed by atoms with Crippen molar-refractivity contribution < 1.29 is 4.79 Å². The highest BCUT2D eigenvalue weighted by Crippen LogP contribution is 2.31. The SMILES string of the molecule is Cc1c[nH]c2ncnc(N3C=C(C(=O)NC4CCCC(N)C4)SCC3)c12. The summed E-state index contributed by atoms with van der Waals surface area (Å²) in [6.45, 7) is 2.85. The summed E-state index contributed by atoms with van der Waals surface area (Å²) in [5.41, 5.74) is 7.96. The second kappa shape index (κ2) is 7.28. The molecular formula is C18H24N6OS. The maximum Gasteiger partial charge on any atom is 0.259 e. The number of nitrogens with one attached hydrogen (secondary N) is 2. The monoisotopic (exact) mass is 372 g/mol. The predicted molar refractivity (Wildman–Crippen MR) is 105 cm³/mol. The minimum Gasteiger partial charge on any atom is -0.349 e. The van der Waals surface area contributed by atoms with E-state index in [9.17, 15) is 4.79 Å². The summed E-state index contributed by atoms with van der Waals surface area (Å²) in [4.78, 5) is 27.4. The Balaban J connectivity index is 1.55. The Kier molecular flexibility index (Phi) is 4.86. The number of aryl methyl sites for hydroxylation is 1. The standard InChI is InChI=1S/C18H24N6OS/c1-11-8-20-16-15(11)17(22-10-21-16)24-5-6-26-14(9-24)18(25)23-13-4-2-3-12(19)7-13/h8-10,12-13H,2-7,19H2,1H3,(H,23,25)(H,20,21,22). The van der Waals surface area contributed by atoms with E-state index in [0.717, 1.165) is 65.3 Å². The van der Waals surface area contributed by atoms with Gasteiger partial charge in [0.25, 0.3) is 5.91 Å². The molecule has 4 N–H and O–H groups in total. The van der Waals surface area contributed by atoms with Crippen LogP contribution >= 0.6 is 11.8 Å². The molecule has 26 heavy (non-hydrogen) atoms. The van der Waals surface area contributed by atoms with Crippen LogP contribution in [0.1, 0.15) is 31.2 Å². The second-order valence-corrected chi connectivity index (χ2v) is 8.16. The first-order chi connectivity index (χ1) is 12.6. The van der Waals surface area contributed by atoms with E-state index in [1.807, 2.05) is 19.3 Å². The first-order valence-electron chi connectivity index (χ1n) is 9.08. The Morgan fingerprint density at radius 3 is 3.15 bits per heavy atom. The van der Waals surface area contributed by atoms with Crippen molar-refractivity contribution >= 4 is 34.5 Å². The minimum atomic E-state index is -0.00473. The zero-order valence-corrected chi connectivity index (χ0v) is 15.7. The normalized spacial score (nSPS) is 23.8. The number of carbonyl (C=O) groups is 1. The number of H-pyrrole nitrogens is 1. The number of rotatable bonds is 3. The molecule has 0 spiro atoms. The van der Waals surface area contributed by atoms with Gasteiger partial charge in [0, 0.05) is 36.8 Å². The summed E-state index contributed by atoms with van der Waals surface area (Å²) < 4.78 is 0. The van der Waals surface area contributed by atoms with E-state index in [2.05, 4.69) is 25.2 Å². The number of fused-ring (bicyclic) bond motifs is 1. The van der Waals surface area contributed by atoms with Gasteiger partial charge in [0.2, 0.25) is 0 Å². The topological polar surface area (TPSA) is 99.9 Å². The third-order valence-corrected chi connectivity index (χ3v) is 6.04. The lowest BCUT2D eigenvalue weighted by Crippen LogP contribution is -2.43. The molecule has 1 amide bonds. The first kappa shape index (κ1) is 17.4. The summed E-state index contributed by atoms with van der Waals surface area (Å²) in [5.74, 6) is 1.69. The maximum absolute atomic E-state index is 12.7. The van der Waals surface area contributed by atoms with Crippen LogP contribution in [0, 0.1) is 6.92 Å². The molecule has 4 rings (SSSR count). The average Bonchev–Trinajstić information content (AvgIpc) is 3.03. The van der Waals surface area contributed by atoms with Crippen molar-refractivity contribution in [3.63, 3.8) is 0 Å². The highest BCUT2D eigenvalue weighted by Gasteiger charge is 2.25. The Morgan fingerprint density at radius 1 is 1.42 bits per heavy atom. The van der Waals surface area contributed by atoms with Gasteiger partial charge in [0.15, 0.2) is 0 Å². The van der Waals surface area contributed by atoms with E-state index < -0.39 is 0 Å². The summed E-state index contributed by atoms with van der Waals surface area (Å²) in [5, 5.41) is 4.17. The molecule has 7 nitrogen and oxygen atoms in total. The summed E-state index contributed by atoms with van der Waals surface area (Å²) in [6, 6.07) is 0.380. The summed E-state index contributed by atoms with van der Waals surface area (Å²) in [7, 11) is 0. The van der Waals surface area contributed by atoms with Crippen molar-refractivity contribution in [2.24, 2.45) is 5.73 Å². The zero-order chi connectivity index (χ0) is 18.1. The van der Waals surface area contributed by atoms with Crippen molar-refractivity contribution in [2.75, 3.05) is 17.2 Å². The largest absolute Gasteiger partial charge is 0.349 e. The Hall–Kier alpha value is -2.06. The van der Waals surface area contributed by atoms with Gasteiger partial charge in [-0.25, -0.2) is 9.97 Å². The van der Waals surface area contributed by atoms with Crippen LogP contribution < -0.4 is 16.0 Å². The fraction of sp³-hybridized carbons (Fsp3) is 0.500. The molecule has 1 aliphatic heterocycles. The lowest BCUT2D eigenvalue weighted by Gasteiger charge is -2.29. The van der Waals surface area contributed by atoms with E-state index in [4.69, 9.17) is 5.73 Å². The predicted octanol–water partition coefficient (Wildman–Crippen LogP) is 2.05. The molecule has 0 bridgehead atoms. The van der Waals surface area contributed by atoms with Gasteiger partial charge in [-0.2, -0.15) is 0 Å². The van der Waals surface area contributed by atoms with E-state index in [1.54, 1.807) is 18.1 Å². The number of carbonyl (C=O) groups excluding carboxylic acids is 1. The number of nitrogens with two attached hydrogens (primary N) is 1. The number of amides is 1. The van der Waals surface area contributed by atoms with Gasteiger partial charge in [0.05, 0.1) is 10.3 Å². The Bertz CT molecular complexity index is 847. The number of thioether (sulfide) groups is 1. The Labute approximate surface area is 156 Å². The molecule has 2 atom stereocenters. The number of nitrogens with zero attached hydrogens (tertiary/aromatic N) is 3. The fourth-order valence-electron chi connectivity index (χ4n) is 3.72. The molecule has 3 heterocycles. The van der Waals surface area contributed by atoms with Crippen LogP contribution in [-0.4, -0.2) is 45.2 Å². The molecule has 2 aliphatic rings. The van der Waals surface area contributed by atoms with Crippen LogP contribution in [-0.2, 0) is 4.79 Å². The highest BCUT2D eigenvalue weighted by atomic mass is 32.2. The van der Waals surface area contributed by atoms with Crippen molar-refractivity contribution in [1.82, 2.24) is 20.3 Å². The number of anilines is 1.